The summed E-state index contributed by atoms with van der Waals surface area (Å²) in [4.78, 5) is 10.9. The Morgan fingerprint density at radius 3 is 2.53 bits per heavy atom. The fourth-order valence-electron chi connectivity index (χ4n) is 1.83. The van der Waals surface area contributed by atoms with Crippen LogP contribution in [0, 0.1) is 0 Å². The normalized spacial score (nSPS) is 26.2. The largest absolute Gasteiger partial charge is 0.307 e. The third-order valence-electron chi connectivity index (χ3n) is 2.60. The maximum Gasteiger partial charge on any atom is 0.138 e. The maximum absolute atomic E-state index is 10.9. The van der Waals surface area contributed by atoms with E-state index in [1.807, 2.05) is 24.3 Å². The topological polar surface area (TPSA) is 41.1 Å². The number of hydrogen-bond acceptors (Lipinski definition) is 3. The van der Waals surface area contributed by atoms with Gasteiger partial charge in [-0.3, -0.25) is 0 Å². The molecule has 3 nitrogen and oxygen atoms in total. The Morgan fingerprint density at radius 1 is 1.20 bits per heavy atom. The Labute approximate surface area is 93.8 Å². The van der Waals surface area contributed by atoms with Crippen molar-refractivity contribution >= 4 is 17.9 Å². The lowest BCUT2D eigenvalue weighted by Gasteiger charge is -2.30. The Morgan fingerprint density at radius 2 is 1.87 bits per heavy atom. The lowest BCUT2D eigenvalue weighted by molar-refractivity contribution is -0.110. The molecule has 2 N–H and O–H groups in total. The third kappa shape index (κ3) is 2.37. The molecular weight excluding hydrogens is 212 g/mol. The van der Waals surface area contributed by atoms with Crippen molar-refractivity contribution in [3.63, 3.8) is 0 Å². The maximum atomic E-state index is 10.9. The molecule has 1 aromatic rings. The fourth-order valence-corrected chi connectivity index (χ4v) is 1.96. The molecule has 0 spiro atoms. The first kappa shape index (κ1) is 10.6. The van der Waals surface area contributed by atoms with Gasteiger partial charge in [0.25, 0.3) is 0 Å². The van der Waals surface area contributed by atoms with E-state index in [4.69, 9.17) is 11.6 Å². The second-order valence-corrected chi connectivity index (χ2v) is 4.04. The average molecular weight is 225 g/mol. The number of rotatable bonds is 2. The van der Waals surface area contributed by atoms with Crippen molar-refractivity contribution in [2.24, 2.45) is 0 Å². The summed E-state index contributed by atoms with van der Waals surface area (Å²) in [6.45, 7) is 1.70. The zero-order valence-electron chi connectivity index (χ0n) is 8.24. The number of hydrogen-bond donors (Lipinski definition) is 2. The molecule has 4 heteroatoms. The highest BCUT2D eigenvalue weighted by Crippen LogP contribution is 2.20. The first-order valence-electron chi connectivity index (χ1n) is 4.99. The molecule has 0 amide bonds. The van der Waals surface area contributed by atoms with E-state index in [0.717, 1.165) is 24.9 Å². The first-order valence-corrected chi connectivity index (χ1v) is 5.36. The van der Waals surface area contributed by atoms with Crippen molar-refractivity contribution in [2.75, 3.05) is 13.1 Å². The van der Waals surface area contributed by atoms with Gasteiger partial charge in [-0.1, -0.05) is 23.7 Å². The summed E-state index contributed by atoms with van der Waals surface area (Å²) in [5.74, 6) is 0. The number of benzene rings is 1. The van der Waals surface area contributed by atoms with Gasteiger partial charge in [0, 0.05) is 18.1 Å². The average Bonchev–Trinajstić information content (AvgIpc) is 2.30. The number of nitrogens with one attached hydrogen (secondary N) is 2. The molecular formula is C11H13ClN2O. The zero-order chi connectivity index (χ0) is 10.7. The van der Waals surface area contributed by atoms with Gasteiger partial charge in [-0.05, 0) is 17.7 Å². The highest BCUT2D eigenvalue weighted by molar-refractivity contribution is 6.30. The Kier molecular flexibility index (Phi) is 3.36. The predicted octanol–water partition coefficient (Wildman–Crippen LogP) is 1.14. The predicted molar refractivity (Wildman–Crippen MR) is 60.1 cm³/mol. The Balaban J connectivity index is 2.20. The van der Waals surface area contributed by atoms with Crippen LogP contribution in [-0.4, -0.2) is 25.4 Å². The molecule has 1 aliphatic rings. The van der Waals surface area contributed by atoms with Gasteiger partial charge in [0.15, 0.2) is 0 Å². The van der Waals surface area contributed by atoms with Crippen LogP contribution in [0.1, 0.15) is 11.6 Å². The smallest absolute Gasteiger partial charge is 0.138 e. The number of carbonyl (C=O) groups excluding carboxylic acids is 1. The van der Waals surface area contributed by atoms with Gasteiger partial charge in [-0.2, -0.15) is 0 Å². The standard InChI is InChI=1S/C11H13ClN2O/c12-9-3-1-8(2-4-9)11-10(7-15)13-5-6-14-11/h1-4,7,10-11,13-14H,5-6H2. The van der Waals surface area contributed by atoms with Crippen LogP contribution in [-0.2, 0) is 4.79 Å². The van der Waals surface area contributed by atoms with Gasteiger partial charge in [-0.15, -0.1) is 0 Å². The van der Waals surface area contributed by atoms with E-state index < -0.39 is 0 Å². The molecule has 2 rings (SSSR count). The summed E-state index contributed by atoms with van der Waals surface area (Å²) in [6, 6.07) is 7.48. The molecule has 0 aromatic heterocycles. The number of carbonyl (C=O) groups is 1. The number of piperazine rings is 1. The molecule has 1 heterocycles. The number of aldehydes is 1. The van der Waals surface area contributed by atoms with Crippen molar-refractivity contribution in [1.82, 2.24) is 10.6 Å². The summed E-state index contributed by atoms with van der Waals surface area (Å²) >= 11 is 5.82. The Hall–Kier alpha value is -0.900. The van der Waals surface area contributed by atoms with Gasteiger partial charge in [-0.25, -0.2) is 0 Å². The van der Waals surface area contributed by atoms with E-state index in [1.165, 1.54) is 0 Å². The van der Waals surface area contributed by atoms with E-state index in [9.17, 15) is 4.79 Å². The van der Waals surface area contributed by atoms with E-state index >= 15 is 0 Å². The molecule has 2 atom stereocenters. The molecule has 0 radical (unpaired) electrons. The Bertz CT molecular complexity index is 339. The molecule has 1 aliphatic heterocycles. The summed E-state index contributed by atoms with van der Waals surface area (Å²) in [5.41, 5.74) is 1.09. The van der Waals surface area contributed by atoms with Crippen LogP contribution < -0.4 is 10.6 Å². The highest BCUT2D eigenvalue weighted by Gasteiger charge is 2.24. The van der Waals surface area contributed by atoms with Crippen LogP contribution in [0.15, 0.2) is 24.3 Å². The van der Waals surface area contributed by atoms with Crippen molar-refractivity contribution in [3.05, 3.63) is 34.9 Å². The molecule has 1 aromatic carbocycles. The van der Waals surface area contributed by atoms with Gasteiger partial charge in [0.05, 0.1) is 12.1 Å². The van der Waals surface area contributed by atoms with Crippen LogP contribution in [0.25, 0.3) is 0 Å². The lowest BCUT2D eigenvalue weighted by atomic mass is 9.98. The van der Waals surface area contributed by atoms with Crippen molar-refractivity contribution in [2.45, 2.75) is 12.1 Å². The van der Waals surface area contributed by atoms with Crippen molar-refractivity contribution in [3.8, 4) is 0 Å². The summed E-state index contributed by atoms with van der Waals surface area (Å²) in [5, 5.41) is 7.20. The highest BCUT2D eigenvalue weighted by atomic mass is 35.5. The molecule has 2 unspecified atom stereocenters. The van der Waals surface area contributed by atoms with Crippen LogP contribution in [0.4, 0.5) is 0 Å². The van der Waals surface area contributed by atoms with Gasteiger partial charge in [0.2, 0.25) is 0 Å². The zero-order valence-corrected chi connectivity index (χ0v) is 9.00. The first-order chi connectivity index (χ1) is 7.31. The summed E-state index contributed by atoms with van der Waals surface area (Å²) in [6.07, 6.45) is 0.950. The minimum atomic E-state index is -0.153. The summed E-state index contributed by atoms with van der Waals surface area (Å²) in [7, 11) is 0. The summed E-state index contributed by atoms with van der Waals surface area (Å²) < 4.78 is 0. The minimum absolute atomic E-state index is 0.0496. The second-order valence-electron chi connectivity index (χ2n) is 3.60. The van der Waals surface area contributed by atoms with E-state index in [0.29, 0.717) is 5.02 Å². The van der Waals surface area contributed by atoms with E-state index in [-0.39, 0.29) is 12.1 Å². The monoisotopic (exact) mass is 224 g/mol. The quantitative estimate of drug-likeness (QED) is 0.741. The van der Waals surface area contributed by atoms with Gasteiger partial charge < -0.3 is 15.4 Å². The molecule has 1 saturated heterocycles. The molecule has 15 heavy (non-hydrogen) atoms. The molecule has 0 saturated carbocycles. The van der Waals surface area contributed by atoms with Crippen molar-refractivity contribution in [1.29, 1.82) is 0 Å². The molecule has 1 fully saturated rings. The van der Waals surface area contributed by atoms with E-state index in [1.54, 1.807) is 0 Å². The number of halogens is 1. The van der Waals surface area contributed by atoms with Crippen LogP contribution >= 0.6 is 11.6 Å². The van der Waals surface area contributed by atoms with Crippen LogP contribution in [0.2, 0.25) is 5.02 Å². The molecule has 80 valence electrons. The van der Waals surface area contributed by atoms with Crippen molar-refractivity contribution < 1.29 is 4.79 Å². The van der Waals surface area contributed by atoms with Gasteiger partial charge in [0.1, 0.15) is 6.29 Å². The minimum Gasteiger partial charge on any atom is -0.307 e. The van der Waals surface area contributed by atoms with Crippen LogP contribution in [0.5, 0.6) is 0 Å². The lowest BCUT2D eigenvalue weighted by Crippen LogP contribution is -2.51. The molecule has 0 aliphatic carbocycles. The molecule has 0 bridgehead atoms. The van der Waals surface area contributed by atoms with Crippen LogP contribution in [0.3, 0.4) is 0 Å². The van der Waals surface area contributed by atoms with Gasteiger partial charge >= 0.3 is 0 Å². The second kappa shape index (κ2) is 4.75. The third-order valence-corrected chi connectivity index (χ3v) is 2.86. The van der Waals surface area contributed by atoms with E-state index in [2.05, 4.69) is 10.6 Å². The SMILES string of the molecule is O=CC1NCCNC1c1ccc(Cl)cc1. The fraction of sp³-hybridized carbons (Fsp3) is 0.364.